The molecular formula is C18H28O7. The van der Waals surface area contributed by atoms with E-state index < -0.39 is 46.0 Å². The van der Waals surface area contributed by atoms with Gasteiger partial charge in [-0.15, -0.1) is 0 Å². The molecular weight excluding hydrogens is 328 g/mol. The minimum absolute atomic E-state index is 0.0459. The zero-order valence-electron chi connectivity index (χ0n) is 15.8. The first-order chi connectivity index (χ1) is 11.3. The smallest absolute Gasteiger partial charge is 0.317 e. The van der Waals surface area contributed by atoms with Crippen LogP contribution in [-0.2, 0) is 28.7 Å². The molecule has 0 amide bonds. The summed E-state index contributed by atoms with van der Waals surface area (Å²) in [5, 5.41) is 9.00. The van der Waals surface area contributed by atoms with Crippen molar-refractivity contribution >= 4 is 23.7 Å². The van der Waals surface area contributed by atoms with Crippen LogP contribution >= 0.6 is 0 Å². The maximum atomic E-state index is 13.0. The highest BCUT2D eigenvalue weighted by Gasteiger charge is 2.65. The summed E-state index contributed by atoms with van der Waals surface area (Å²) >= 11 is 0. The molecule has 1 aliphatic carbocycles. The molecule has 1 unspecified atom stereocenters. The predicted molar refractivity (Wildman–Crippen MR) is 88.7 cm³/mol. The van der Waals surface area contributed by atoms with Gasteiger partial charge in [0.25, 0.3) is 0 Å². The molecule has 0 aromatic heterocycles. The van der Waals surface area contributed by atoms with Crippen molar-refractivity contribution in [1.29, 1.82) is 0 Å². The summed E-state index contributed by atoms with van der Waals surface area (Å²) in [6.45, 7) is 9.97. The van der Waals surface area contributed by atoms with Gasteiger partial charge < -0.3 is 14.6 Å². The Morgan fingerprint density at radius 2 is 1.80 bits per heavy atom. The number of hydrogen-bond acceptors (Lipinski definition) is 6. The van der Waals surface area contributed by atoms with Gasteiger partial charge in [0.05, 0.1) is 12.0 Å². The number of Topliss-reactive ketones (excluding diaryl/α,β-unsaturated/α-hetero) is 1. The number of carboxylic acids is 1. The first-order valence-corrected chi connectivity index (χ1v) is 8.44. The van der Waals surface area contributed by atoms with E-state index in [1.165, 1.54) is 0 Å². The molecule has 0 heterocycles. The Kier molecular flexibility index (Phi) is 6.03. The van der Waals surface area contributed by atoms with E-state index in [2.05, 4.69) is 0 Å². The van der Waals surface area contributed by atoms with Gasteiger partial charge in [0, 0.05) is 11.8 Å². The average molecular weight is 356 g/mol. The Bertz CT molecular complexity index is 574. The fourth-order valence-electron chi connectivity index (χ4n) is 3.30. The first kappa shape index (κ1) is 21.1. The van der Waals surface area contributed by atoms with Gasteiger partial charge in [-0.25, -0.2) is 0 Å². The number of carbonyl (C=O) groups excluding carboxylic acids is 3. The average Bonchev–Trinajstić information content (AvgIpc) is 2.67. The van der Waals surface area contributed by atoms with Crippen LogP contribution in [0.5, 0.6) is 0 Å². The van der Waals surface area contributed by atoms with Gasteiger partial charge in [-0.3, -0.25) is 19.2 Å². The summed E-state index contributed by atoms with van der Waals surface area (Å²) < 4.78 is 10.4. The molecule has 0 aromatic carbocycles. The van der Waals surface area contributed by atoms with E-state index in [9.17, 15) is 19.2 Å². The number of aliphatic carboxylic acids is 1. The first-order valence-electron chi connectivity index (χ1n) is 8.44. The van der Waals surface area contributed by atoms with Gasteiger partial charge in [-0.1, -0.05) is 6.92 Å². The standard InChI is InChI=1S/C18H28O7/c1-7-24-15(23)18(6)10-11(14(22)25-16(2,3)4)13(21)17(18,5)9-8-12(19)20/h11H,7-10H2,1-6H3,(H,19,20)/t11?,17-,18+/m0/s1. The third-order valence-electron chi connectivity index (χ3n) is 4.95. The molecule has 1 saturated carbocycles. The van der Waals surface area contributed by atoms with Crippen molar-refractivity contribution in [3.63, 3.8) is 0 Å². The van der Waals surface area contributed by atoms with E-state index in [1.54, 1.807) is 41.5 Å². The van der Waals surface area contributed by atoms with Crippen molar-refractivity contribution in [1.82, 2.24) is 0 Å². The monoisotopic (exact) mass is 356 g/mol. The Morgan fingerprint density at radius 1 is 1.24 bits per heavy atom. The minimum Gasteiger partial charge on any atom is -0.481 e. The van der Waals surface area contributed by atoms with Crippen LogP contribution in [0, 0.1) is 16.7 Å². The number of hydrogen-bond donors (Lipinski definition) is 1. The van der Waals surface area contributed by atoms with E-state index in [0.717, 1.165) is 0 Å². The molecule has 0 aromatic rings. The lowest BCUT2D eigenvalue weighted by Crippen LogP contribution is -2.44. The summed E-state index contributed by atoms with van der Waals surface area (Å²) in [6, 6.07) is 0. The SMILES string of the molecule is CCOC(=O)[C@@]1(C)CC(C(=O)OC(C)(C)C)C(=O)[C@]1(C)CCC(=O)O. The quantitative estimate of drug-likeness (QED) is 0.575. The van der Waals surface area contributed by atoms with Crippen molar-refractivity contribution < 1.29 is 33.8 Å². The molecule has 1 fully saturated rings. The zero-order valence-corrected chi connectivity index (χ0v) is 15.8. The van der Waals surface area contributed by atoms with Crippen molar-refractivity contribution in [2.75, 3.05) is 6.61 Å². The molecule has 1 rings (SSSR count). The number of carboxylic acid groups (broad SMARTS) is 1. The highest BCUT2D eigenvalue weighted by atomic mass is 16.6. The van der Waals surface area contributed by atoms with E-state index in [1.807, 2.05) is 0 Å². The normalized spacial score (nSPS) is 29.4. The highest BCUT2D eigenvalue weighted by molar-refractivity contribution is 6.07. The van der Waals surface area contributed by atoms with Gasteiger partial charge >= 0.3 is 17.9 Å². The Hall–Kier alpha value is -1.92. The van der Waals surface area contributed by atoms with Crippen molar-refractivity contribution in [2.24, 2.45) is 16.7 Å². The second-order valence-electron chi connectivity index (χ2n) is 7.93. The lowest BCUT2D eigenvalue weighted by atomic mass is 9.65. The Morgan fingerprint density at radius 3 is 2.24 bits per heavy atom. The molecule has 7 heteroatoms. The predicted octanol–water partition coefficient (Wildman–Crippen LogP) is 2.36. The fraction of sp³-hybridized carbons (Fsp3) is 0.778. The maximum absolute atomic E-state index is 13.0. The second-order valence-corrected chi connectivity index (χ2v) is 7.93. The molecule has 7 nitrogen and oxygen atoms in total. The van der Waals surface area contributed by atoms with E-state index >= 15 is 0 Å². The van der Waals surface area contributed by atoms with E-state index in [4.69, 9.17) is 14.6 Å². The molecule has 0 spiro atoms. The summed E-state index contributed by atoms with van der Waals surface area (Å²) in [5.74, 6) is -3.92. The molecule has 0 saturated heterocycles. The Balaban J connectivity index is 3.24. The van der Waals surface area contributed by atoms with Crippen LogP contribution in [0.2, 0.25) is 0 Å². The number of carbonyl (C=O) groups is 4. The number of ether oxygens (including phenoxy) is 2. The third-order valence-corrected chi connectivity index (χ3v) is 4.95. The molecule has 0 radical (unpaired) electrons. The van der Waals surface area contributed by atoms with Crippen molar-refractivity contribution in [2.45, 2.75) is 66.4 Å². The highest BCUT2D eigenvalue weighted by Crippen LogP contribution is 2.56. The van der Waals surface area contributed by atoms with Gasteiger partial charge in [0.15, 0.2) is 5.78 Å². The minimum atomic E-state index is -1.31. The third kappa shape index (κ3) is 4.19. The molecule has 0 bridgehead atoms. The summed E-state index contributed by atoms with van der Waals surface area (Å²) in [5.41, 5.74) is -3.35. The fourth-order valence-corrected chi connectivity index (χ4v) is 3.30. The van der Waals surface area contributed by atoms with Crippen LogP contribution in [0.1, 0.15) is 60.8 Å². The van der Waals surface area contributed by atoms with Crippen LogP contribution in [0.3, 0.4) is 0 Å². The Labute approximate surface area is 148 Å². The van der Waals surface area contributed by atoms with Crippen LogP contribution in [0.15, 0.2) is 0 Å². The van der Waals surface area contributed by atoms with Gasteiger partial charge in [-0.2, -0.15) is 0 Å². The van der Waals surface area contributed by atoms with Crippen molar-refractivity contribution in [3.05, 3.63) is 0 Å². The molecule has 1 aliphatic rings. The number of esters is 2. The van der Waals surface area contributed by atoms with E-state index in [-0.39, 0.29) is 25.9 Å². The molecule has 142 valence electrons. The summed E-state index contributed by atoms with van der Waals surface area (Å²) in [6.07, 6.45) is -0.371. The van der Waals surface area contributed by atoms with Crippen LogP contribution < -0.4 is 0 Å². The maximum Gasteiger partial charge on any atom is 0.317 e. The van der Waals surface area contributed by atoms with Gasteiger partial charge in [0.1, 0.15) is 11.5 Å². The van der Waals surface area contributed by atoms with Gasteiger partial charge in [0.2, 0.25) is 0 Å². The lowest BCUT2D eigenvalue weighted by molar-refractivity contribution is -0.164. The largest absolute Gasteiger partial charge is 0.481 e. The molecule has 1 N–H and O–H groups in total. The summed E-state index contributed by atoms with van der Waals surface area (Å²) in [4.78, 5) is 49.0. The molecule has 3 atom stereocenters. The number of ketones is 1. The zero-order chi connectivity index (χ0) is 19.6. The molecule has 25 heavy (non-hydrogen) atoms. The van der Waals surface area contributed by atoms with Crippen molar-refractivity contribution in [3.8, 4) is 0 Å². The second kappa shape index (κ2) is 7.14. The number of rotatable bonds is 6. The van der Waals surface area contributed by atoms with Crippen LogP contribution in [0.4, 0.5) is 0 Å². The van der Waals surface area contributed by atoms with Crippen LogP contribution in [-0.4, -0.2) is 41.0 Å². The topological polar surface area (TPSA) is 107 Å². The summed E-state index contributed by atoms with van der Waals surface area (Å²) in [7, 11) is 0. The van der Waals surface area contributed by atoms with Gasteiger partial charge in [-0.05, 0) is 47.5 Å². The van der Waals surface area contributed by atoms with Crippen LogP contribution in [0.25, 0.3) is 0 Å². The lowest BCUT2D eigenvalue weighted by Gasteiger charge is -2.37. The van der Waals surface area contributed by atoms with E-state index in [0.29, 0.717) is 0 Å². The molecule has 0 aliphatic heterocycles.